The summed E-state index contributed by atoms with van der Waals surface area (Å²) in [6.07, 6.45) is 2.30. The molecule has 0 aliphatic rings. The molecule has 0 saturated heterocycles. The van der Waals surface area contributed by atoms with Crippen LogP contribution in [0, 0.1) is 5.82 Å². The van der Waals surface area contributed by atoms with E-state index in [1.165, 1.54) is 36.5 Å². The third-order valence-electron chi connectivity index (χ3n) is 3.61. The molecule has 0 aliphatic heterocycles. The van der Waals surface area contributed by atoms with Gasteiger partial charge in [-0.05, 0) is 18.2 Å². The fourth-order valence-corrected chi connectivity index (χ4v) is 2.28. The molecular formula is C17H13FN4O4. The lowest BCUT2D eigenvalue weighted by molar-refractivity contribution is 0.102. The van der Waals surface area contributed by atoms with E-state index in [4.69, 9.17) is 0 Å². The summed E-state index contributed by atoms with van der Waals surface area (Å²) in [5, 5.41) is 11.9. The zero-order valence-electron chi connectivity index (χ0n) is 13.3. The Balaban J connectivity index is 1.96. The van der Waals surface area contributed by atoms with Crippen LogP contribution in [0.2, 0.25) is 0 Å². The number of aromatic nitrogens is 3. The zero-order chi connectivity index (χ0) is 18.7. The van der Waals surface area contributed by atoms with Gasteiger partial charge in [0.15, 0.2) is 11.6 Å². The highest BCUT2D eigenvalue weighted by Gasteiger charge is 2.17. The van der Waals surface area contributed by atoms with Gasteiger partial charge in [0.25, 0.3) is 11.5 Å². The molecule has 0 spiro atoms. The predicted octanol–water partition coefficient (Wildman–Crippen LogP) is 1.08. The first-order valence-electron chi connectivity index (χ1n) is 7.48. The summed E-state index contributed by atoms with van der Waals surface area (Å²) in [5.41, 5.74) is -1.94. The largest absolute Gasteiger partial charge is 0.504 e. The number of H-pyrrole nitrogens is 1. The van der Waals surface area contributed by atoms with E-state index in [0.29, 0.717) is 4.57 Å². The monoisotopic (exact) mass is 356 g/mol. The molecule has 0 atom stereocenters. The molecule has 1 amide bonds. The van der Waals surface area contributed by atoms with Crippen molar-refractivity contribution >= 4 is 11.7 Å². The normalized spacial score (nSPS) is 10.5. The fraction of sp³-hybridized carbons (Fsp3) is 0.0588. The molecule has 0 aliphatic carbocycles. The molecule has 132 valence electrons. The molecule has 0 radical (unpaired) electrons. The van der Waals surface area contributed by atoms with Gasteiger partial charge in [-0.25, -0.2) is 14.2 Å². The number of benzene rings is 1. The lowest BCUT2D eigenvalue weighted by Gasteiger charge is -2.09. The van der Waals surface area contributed by atoms with Crippen LogP contribution in [0.4, 0.5) is 10.2 Å². The topological polar surface area (TPSA) is 117 Å². The second-order valence-electron chi connectivity index (χ2n) is 5.32. The highest BCUT2D eigenvalue weighted by Crippen LogP contribution is 2.18. The molecule has 3 N–H and O–H groups in total. The van der Waals surface area contributed by atoms with E-state index >= 15 is 0 Å². The number of rotatable bonds is 4. The summed E-state index contributed by atoms with van der Waals surface area (Å²) in [4.78, 5) is 42.8. The van der Waals surface area contributed by atoms with Gasteiger partial charge in [0, 0.05) is 18.0 Å². The van der Waals surface area contributed by atoms with Crippen molar-refractivity contribution < 1.29 is 14.3 Å². The van der Waals surface area contributed by atoms with Gasteiger partial charge in [-0.2, -0.15) is 0 Å². The summed E-state index contributed by atoms with van der Waals surface area (Å²) in [5.74, 6) is -1.87. The van der Waals surface area contributed by atoms with Crippen LogP contribution < -0.4 is 16.6 Å². The van der Waals surface area contributed by atoms with Crippen molar-refractivity contribution in [2.45, 2.75) is 6.54 Å². The van der Waals surface area contributed by atoms with Crippen LogP contribution in [0.25, 0.3) is 0 Å². The average molecular weight is 356 g/mol. The third kappa shape index (κ3) is 3.36. The molecule has 26 heavy (non-hydrogen) atoms. The van der Waals surface area contributed by atoms with Crippen molar-refractivity contribution in [1.82, 2.24) is 14.5 Å². The second-order valence-corrected chi connectivity index (χ2v) is 5.32. The van der Waals surface area contributed by atoms with Crippen LogP contribution in [0.15, 0.2) is 58.4 Å². The summed E-state index contributed by atoms with van der Waals surface area (Å²) in [6, 6.07) is 8.46. The summed E-state index contributed by atoms with van der Waals surface area (Å²) in [6.45, 7) is -0.337. The number of carbonyl (C=O) groups is 1. The smallest absolute Gasteiger partial charge is 0.328 e. The third-order valence-corrected chi connectivity index (χ3v) is 3.61. The van der Waals surface area contributed by atoms with Crippen LogP contribution in [0.1, 0.15) is 15.9 Å². The molecule has 3 rings (SSSR count). The Morgan fingerprint density at radius 2 is 2.00 bits per heavy atom. The molecule has 0 unspecified atom stereocenters. The number of hydrogen-bond acceptors (Lipinski definition) is 5. The van der Waals surface area contributed by atoms with E-state index in [0.717, 1.165) is 6.20 Å². The Morgan fingerprint density at radius 3 is 2.73 bits per heavy atom. The van der Waals surface area contributed by atoms with Crippen molar-refractivity contribution in [3.8, 4) is 5.75 Å². The first kappa shape index (κ1) is 17.1. The van der Waals surface area contributed by atoms with Crippen LogP contribution in [0.3, 0.4) is 0 Å². The number of aromatic amines is 1. The molecule has 1 aromatic carbocycles. The Labute approximate surface area is 145 Å². The Bertz CT molecular complexity index is 1090. The van der Waals surface area contributed by atoms with Crippen molar-refractivity contribution in [1.29, 1.82) is 0 Å². The standard InChI is InChI=1S/C17H13FN4O4/c18-12-5-2-1-4-10(12)9-22-16(25)11(8-20-17(22)26)15(24)21-14-13(23)6-3-7-19-14/h1-8,23H,9H2,(H,20,26)(H,19,21,24). The number of halogens is 1. The summed E-state index contributed by atoms with van der Waals surface area (Å²) >= 11 is 0. The fourth-order valence-electron chi connectivity index (χ4n) is 2.28. The van der Waals surface area contributed by atoms with Gasteiger partial charge >= 0.3 is 5.69 Å². The lowest BCUT2D eigenvalue weighted by Crippen LogP contribution is -2.39. The minimum atomic E-state index is -0.898. The number of nitrogens with zero attached hydrogens (tertiary/aromatic N) is 2. The van der Waals surface area contributed by atoms with Crippen LogP contribution >= 0.6 is 0 Å². The second kappa shape index (κ2) is 7.01. The molecule has 0 fully saturated rings. The summed E-state index contributed by atoms with van der Waals surface area (Å²) < 4.78 is 14.5. The zero-order valence-corrected chi connectivity index (χ0v) is 13.3. The van der Waals surface area contributed by atoms with E-state index in [1.54, 1.807) is 6.07 Å². The molecular weight excluding hydrogens is 343 g/mol. The van der Waals surface area contributed by atoms with E-state index < -0.39 is 23.0 Å². The van der Waals surface area contributed by atoms with Gasteiger partial charge in [0.05, 0.1) is 6.54 Å². The minimum Gasteiger partial charge on any atom is -0.504 e. The van der Waals surface area contributed by atoms with Crippen LogP contribution in [0.5, 0.6) is 5.75 Å². The van der Waals surface area contributed by atoms with Gasteiger partial charge in [0.2, 0.25) is 0 Å². The Kier molecular flexibility index (Phi) is 4.61. The van der Waals surface area contributed by atoms with Crippen molar-refractivity contribution in [2.24, 2.45) is 0 Å². The predicted molar refractivity (Wildman–Crippen MR) is 90.7 cm³/mol. The maximum absolute atomic E-state index is 13.8. The number of aromatic hydroxyl groups is 1. The average Bonchev–Trinajstić information content (AvgIpc) is 2.62. The quantitative estimate of drug-likeness (QED) is 0.647. The molecule has 8 nitrogen and oxygen atoms in total. The molecule has 9 heteroatoms. The molecule has 3 aromatic rings. The summed E-state index contributed by atoms with van der Waals surface area (Å²) in [7, 11) is 0. The van der Waals surface area contributed by atoms with Gasteiger partial charge in [-0.1, -0.05) is 18.2 Å². The van der Waals surface area contributed by atoms with Crippen LogP contribution in [-0.2, 0) is 6.54 Å². The number of hydrogen-bond donors (Lipinski definition) is 3. The molecule has 2 heterocycles. The Hall–Kier alpha value is -3.75. The molecule has 0 saturated carbocycles. The van der Waals surface area contributed by atoms with Crippen molar-refractivity contribution in [3.63, 3.8) is 0 Å². The van der Waals surface area contributed by atoms with Gasteiger partial charge in [-0.3, -0.25) is 14.2 Å². The number of carbonyl (C=O) groups excluding carboxylic acids is 1. The van der Waals surface area contributed by atoms with E-state index in [-0.39, 0.29) is 29.2 Å². The molecule has 2 aromatic heterocycles. The van der Waals surface area contributed by atoms with Gasteiger partial charge in [-0.15, -0.1) is 0 Å². The van der Waals surface area contributed by atoms with Crippen LogP contribution in [-0.4, -0.2) is 25.5 Å². The first-order valence-corrected chi connectivity index (χ1v) is 7.48. The highest BCUT2D eigenvalue weighted by atomic mass is 19.1. The number of nitrogens with one attached hydrogen (secondary N) is 2. The van der Waals surface area contributed by atoms with Gasteiger partial charge in [0.1, 0.15) is 11.4 Å². The number of anilines is 1. The maximum Gasteiger partial charge on any atom is 0.328 e. The van der Waals surface area contributed by atoms with Crippen molar-refractivity contribution in [3.05, 3.63) is 86.6 Å². The first-order chi connectivity index (χ1) is 12.5. The maximum atomic E-state index is 13.8. The highest BCUT2D eigenvalue weighted by molar-refractivity contribution is 6.03. The van der Waals surface area contributed by atoms with Crippen molar-refractivity contribution in [2.75, 3.05) is 5.32 Å². The Morgan fingerprint density at radius 1 is 1.23 bits per heavy atom. The number of pyridine rings is 1. The van der Waals surface area contributed by atoms with E-state index in [9.17, 15) is 23.9 Å². The van der Waals surface area contributed by atoms with E-state index in [2.05, 4.69) is 15.3 Å². The van der Waals surface area contributed by atoms with E-state index in [1.807, 2.05) is 0 Å². The number of amides is 1. The molecule has 0 bridgehead atoms. The minimum absolute atomic E-state index is 0.125. The van der Waals surface area contributed by atoms with Gasteiger partial charge < -0.3 is 15.4 Å². The SMILES string of the molecule is O=C(Nc1ncccc1O)c1c[nH]c(=O)n(Cc2ccccc2F)c1=O. The lowest BCUT2D eigenvalue weighted by atomic mass is 10.2.